The van der Waals surface area contributed by atoms with Crippen molar-refractivity contribution in [3.63, 3.8) is 0 Å². The summed E-state index contributed by atoms with van der Waals surface area (Å²) in [5.74, 6) is 1.03. The van der Waals surface area contributed by atoms with E-state index < -0.39 is 0 Å². The first-order valence-corrected chi connectivity index (χ1v) is 9.01. The molecule has 1 amide bonds. The molecule has 0 aliphatic rings. The number of methoxy groups -OCH3 is 1. The summed E-state index contributed by atoms with van der Waals surface area (Å²) >= 11 is 0. The minimum atomic E-state index is -0.314. The summed E-state index contributed by atoms with van der Waals surface area (Å²) in [5, 5.41) is 6.14. The lowest BCUT2D eigenvalue weighted by molar-refractivity contribution is 0.102. The number of pyridine rings is 1. The van der Waals surface area contributed by atoms with E-state index >= 15 is 0 Å². The van der Waals surface area contributed by atoms with E-state index in [0.717, 1.165) is 22.7 Å². The van der Waals surface area contributed by atoms with E-state index in [9.17, 15) is 4.79 Å². The molecule has 6 heteroatoms. The average Bonchev–Trinajstić information content (AvgIpc) is 2.70. The topological polar surface area (TPSA) is 72.5 Å². The predicted molar refractivity (Wildman–Crippen MR) is 111 cm³/mol. The molecule has 0 bridgehead atoms. The molecule has 6 nitrogen and oxygen atoms in total. The summed E-state index contributed by atoms with van der Waals surface area (Å²) in [7, 11) is 1.57. The fraction of sp³-hybridized carbons (Fsp3) is 0.182. The molecule has 0 aliphatic carbocycles. The zero-order chi connectivity index (χ0) is 19.9. The second-order valence-electron chi connectivity index (χ2n) is 6.14. The molecular formula is C22H23N3O3. The number of anilines is 3. The van der Waals surface area contributed by atoms with E-state index in [0.29, 0.717) is 23.7 Å². The van der Waals surface area contributed by atoms with E-state index in [1.807, 2.05) is 56.3 Å². The SMILES string of the molecule is CCOc1ccccc1Nc1ccnc(C(=O)Nc2cc(C)ccc2OC)c1. The van der Waals surface area contributed by atoms with Gasteiger partial charge in [-0.3, -0.25) is 9.78 Å². The van der Waals surface area contributed by atoms with Gasteiger partial charge in [-0.25, -0.2) is 0 Å². The monoisotopic (exact) mass is 377 g/mol. The summed E-state index contributed by atoms with van der Waals surface area (Å²) in [6.07, 6.45) is 1.59. The number of rotatable bonds is 7. The van der Waals surface area contributed by atoms with Crippen LogP contribution in [0.4, 0.5) is 17.1 Å². The molecule has 0 spiro atoms. The van der Waals surface area contributed by atoms with Crippen LogP contribution >= 0.6 is 0 Å². The van der Waals surface area contributed by atoms with E-state index in [4.69, 9.17) is 9.47 Å². The zero-order valence-electron chi connectivity index (χ0n) is 16.2. The van der Waals surface area contributed by atoms with Gasteiger partial charge < -0.3 is 20.1 Å². The minimum absolute atomic E-state index is 0.294. The van der Waals surface area contributed by atoms with Crippen LogP contribution in [0.3, 0.4) is 0 Å². The molecule has 28 heavy (non-hydrogen) atoms. The number of nitrogens with one attached hydrogen (secondary N) is 2. The van der Waals surface area contributed by atoms with Gasteiger partial charge in [0.25, 0.3) is 5.91 Å². The van der Waals surface area contributed by atoms with Gasteiger partial charge in [0.2, 0.25) is 0 Å². The van der Waals surface area contributed by atoms with Crippen molar-refractivity contribution in [1.82, 2.24) is 4.98 Å². The maximum absolute atomic E-state index is 12.7. The molecule has 0 radical (unpaired) electrons. The van der Waals surface area contributed by atoms with Crippen molar-refractivity contribution in [2.75, 3.05) is 24.4 Å². The molecule has 1 aromatic heterocycles. The number of aromatic nitrogens is 1. The Morgan fingerprint density at radius 3 is 2.64 bits per heavy atom. The Morgan fingerprint density at radius 2 is 1.86 bits per heavy atom. The smallest absolute Gasteiger partial charge is 0.274 e. The molecule has 0 saturated heterocycles. The Balaban J connectivity index is 1.80. The van der Waals surface area contributed by atoms with Crippen molar-refractivity contribution in [3.8, 4) is 11.5 Å². The first kappa shape index (κ1) is 19.2. The molecule has 144 valence electrons. The van der Waals surface area contributed by atoms with Crippen molar-refractivity contribution in [2.45, 2.75) is 13.8 Å². The molecule has 2 aromatic carbocycles. The molecule has 0 atom stereocenters. The van der Waals surface area contributed by atoms with E-state index in [1.165, 1.54) is 0 Å². The van der Waals surface area contributed by atoms with Crippen LogP contribution in [0.15, 0.2) is 60.8 Å². The van der Waals surface area contributed by atoms with Gasteiger partial charge in [0, 0.05) is 11.9 Å². The fourth-order valence-corrected chi connectivity index (χ4v) is 2.75. The molecule has 3 rings (SSSR count). The van der Waals surface area contributed by atoms with Crippen LogP contribution in [0.2, 0.25) is 0 Å². The van der Waals surface area contributed by atoms with E-state index in [2.05, 4.69) is 15.6 Å². The molecule has 0 aliphatic heterocycles. The number of hydrogen-bond donors (Lipinski definition) is 2. The molecule has 2 N–H and O–H groups in total. The van der Waals surface area contributed by atoms with Crippen molar-refractivity contribution in [3.05, 3.63) is 72.1 Å². The summed E-state index contributed by atoms with van der Waals surface area (Å²) < 4.78 is 10.9. The highest BCUT2D eigenvalue weighted by Gasteiger charge is 2.12. The van der Waals surface area contributed by atoms with Crippen LogP contribution in [0.5, 0.6) is 11.5 Å². The Kier molecular flexibility index (Phi) is 6.11. The van der Waals surface area contributed by atoms with Gasteiger partial charge >= 0.3 is 0 Å². The van der Waals surface area contributed by atoms with E-state index in [1.54, 1.807) is 25.4 Å². The highest BCUT2D eigenvalue weighted by molar-refractivity contribution is 6.04. The fourth-order valence-electron chi connectivity index (χ4n) is 2.75. The maximum Gasteiger partial charge on any atom is 0.274 e. The lowest BCUT2D eigenvalue weighted by atomic mass is 10.2. The summed E-state index contributed by atoms with van der Waals surface area (Å²) in [6, 6.07) is 16.7. The lowest BCUT2D eigenvalue weighted by Crippen LogP contribution is -2.14. The molecule has 1 heterocycles. The van der Waals surface area contributed by atoms with E-state index in [-0.39, 0.29) is 5.91 Å². The first-order chi connectivity index (χ1) is 13.6. The predicted octanol–water partition coefficient (Wildman–Crippen LogP) is 4.79. The largest absolute Gasteiger partial charge is 0.495 e. The Labute approximate surface area is 164 Å². The van der Waals surface area contributed by atoms with Crippen molar-refractivity contribution < 1.29 is 14.3 Å². The third-order valence-corrected chi connectivity index (χ3v) is 4.06. The van der Waals surface area contributed by atoms with Crippen molar-refractivity contribution in [2.24, 2.45) is 0 Å². The molecule has 0 fully saturated rings. The lowest BCUT2D eigenvalue weighted by Gasteiger charge is -2.13. The van der Waals surface area contributed by atoms with Gasteiger partial charge in [0.1, 0.15) is 17.2 Å². The number of para-hydroxylation sites is 2. The van der Waals surface area contributed by atoms with Crippen molar-refractivity contribution >= 4 is 23.0 Å². The number of carbonyl (C=O) groups excluding carboxylic acids is 1. The number of nitrogens with zero attached hydrogens (tertiary/aromatic N) is 1. The third kappa shape index (κ3) is 4.59. The second kappa shape index (κ2) is 8.90. The molecular weight excluding hydrogens is 354 g/mol. The maximum atomic E-state index is 12.7. The Bertz CT molecular complexity index is 973. The van der Waals surface area contributed by atoms with Gasteiger partial charge in [-0.15, -0.1) is 0 Å². The summed E-state index contributed by atoms with van der Waals surface area (Å²) in [6.45, 7) is 4.46. The van der Waals surface area contributed by atoms with Gasteiger partial charge in [-0.05, 0) is 55.8 Å². The third-order valence-electron chi connectivity index (χ3n) is 4.06. The molecule has 0 saturated carbocycles. The van der Waals surface area contributed by atoms with Crippen LogP contribution < -0.4 is 20.1 Å². The minimum Gasteiger partial charge on any atom is -0.495 e. The number of aryl methyl sites for hydroxylation is 1. The van der Waals surface area contributed by atoms with Gasteiger partial charge in [0.05, 0.1) is 25.1 Å². The van der Waals surface area contributed by atoms with Crippen LogP contribution in [-0.4, -0.2) is 24.6 Å². The van der Waals surface area contributed by atoms with Gasteiger partial charge in [-0.1, -0.05) is 18.2 Å². The van der Waals surface area contributed by atoms with Crippen LogP contribution in [0.25, 0.3) is 0 Å². The van der Waals surface area contributed by atoms with Gasteiger partial charge in [0.15, 0.2) is 0 Å². The molecule has 0 unspecified atom stereocenters. The van der Waals surface area contributed by atoms with Gasteiger partial charge in [-0.2, -0.15) is 0 Å². The Morgan fingerprint density at radius 1 is 1.04 bits per heavy atom. The molecule has 3 aromatic rings. The average molecular weight is 377 g/mol. The number of benzene rings is 2. The summed E-state index contributed by atoms with van der Waals surface area (Å²) in [5.41, 5.74) is 3.48. The standard InChI is InChI=1S/C22H23N3O3/c1-4-28-21-8-6-5-7-17(21)24-16-11-12-23-19(14-16)22(26)25-18-13-15(2)9-10-20(18)27-3/h5-14H,4H2,1-3H3,(H,23,24)(H,25,26). The van der Waals surface area contributed by atoms with Crippen LogP contribution in [0.1, 0.15) is 23.0 Å². The normalized spacial score (nSPS) is 10.2. The summed E-state index contributed by atoms with van der Waals surface area (Å²) in [4.78, 5) is 16.9. The van der Waals surface area contributed by atoms with Crippen molar-refractivity contribution in [1.29, 1.82) is 0 Å². The zero-order valence-corrected chi connectivity index (χ0v) is 16.2. The highest BCUT2D eigenvalue weighted by atomic mass is 16.5. The first-order valence-electron chi connectivity index (χ1n) is 9.01. The number of ether oxygens (including phenoxy) is 2. The Hall–Kier alpha value is -3.54. The highest BCUT2D eigenvalue weighted by Crippen LogP contribution is 2.28. The number of amides is 1. The number of hydrogen-bond acceptors (Lipinski definition) is 5. The van der Waals surface area contributed by atoms with Crippen LogP contribution in [-0.2, 0) is 0 Å². The number of carbonyl (C=O) groups is 1. The van der Waals surface area contributed by atoms with Crippen LogP contribution in [0, 0.1) is 6.92 Å². The quantitative estimate of drug-likeness (QED) is 0.619. The second-order valence-corrected chi connectivity index (χ2v) is 6.14.